The predicted octanol–water partition coefficient (Wildman–Crippen LogP) is 3.52. The highest BCUT2D eigenvalue weighted by Gasteiger charge is 2.40. The molecule has 2 atom stereocenters. The molecule has 0 spiro atoms. The van der Waals surface area contributed by atoms with E-state index in [-0.39, 0.29) is 5.60 Å². The van der Waals surface area contributed by atoms with Crippen molar-refractivity contribution in [3.63, 3.8) is 0 Å². The molecule has 20 heavy (non-hydrogen) atoms. The van der Waals surface area contributed by atoms with Crippen molar-refractivity contribution in [2.45, 2.75) is 58.5 Å². The van der Waals surface area contributed by atoms with E-state index in [2.05, 4.69) is 26.1 Å². The summed E-state index contributed by atoms with van der Waals surface area (Å²) in [6.07, 6.45) is 5.44. The number of hydrogen-bond donors (Lipinski definition) is 1. The molecule has 1 aromatic heterocycles. The fraction of sp³-hybridized carbons (Fsp3) is 0.750. The first kappa shape index (κ1) is 15.2. The lowest BCUT2D eigenvalue weighted by atomic mass is 9.78. The summed E-state index contributed by atoms with van der Waals surface area (Å²) in [5, 5.41) is 3.15. The Morgan fingerprint density at radius 2 is 2.20 bits per heavy atom. The van der Waals surface area contributed by atoms with Gasteiger partial charge in [0.2, 0.25) is 0 Å². The van der Waals surface area contributed by atoms with Crippen molar-refractivity contribution in [1.29, 1.82) is 0 Å². The van der Waals surface area contributed by atoms with Gasteiger partial charge in [-0.05, 0) is 38.5 Å². The van der Waals surface area contributed by atoms with Gasteiger partial charge in [-0.25, -0.2) is 9.97 Å². The van der Waals surface area contributed by atoms with Gasteiger partial charge in [0.05, 0.1) is 0 Å². The van der Waals surface area contributed by atoms with Crippen LogP contribution in [0.2, 0.25) is 0 Å². The normalized spacial score (nSPS) is 26.5. The Labute approximate surface area is 122 Å². The van der Waals surface area contributed by atoms with E-state index in [1.807, 2.05) is 13.1 Å². The zero-order valence-corrected chi connectivity index (χ0v) is 13.2. The quantitative estimate of drug-likeness (QED) is 0.894. The molecular formula is C16H27N3O. The molecule has 0 aliphatic heterocycles. The van der Waals surface area contributed by atoms with Gasteiger partial charge in [0.25, 0.3) is 0 Å². The zero-order chi connectivity index (χ0) is 14.6. The van der Waals surface area contributed by atoms with E-state index in [9.17, 15) is 0 Å². The van der Waals surface area contributed by atoms with Gasteiger partial charge in [0, 0.05) is 25.4 Å². The average Bonchev–Trinajstić information content (AvgIpc) is 2.47. The summed E-state index contributed by atoms with van der Waals surface area (Å²) in [5.41, 5.74) is 0.792. The number of nitrogens with one attached hydrogen (secondary N) is 1. The predicted molar refractivity (Wildman–Crippen MR) is 81.9 cm³/mol. The molecule has 0 aromatic carbocycles. The summed E-state index contributed by atoms with van der Waals surface area (Å²) in [7, 11) is 1.91. The maximum Gasteiger partial charge on any atom is 0.162 e. The van der Waals surface area contributed by atoms with Crippen molar-refractivity contribution in [3.8, 4) is 0 Å². The number of anilines is 1. The van der Waals surface area contributed by atoms with Crippen molar-refractivity contribution in [1.82, 2.24) is 9.97 Å². The Kier molecular flexibility index (Phi) is 4.97. The minimum atomic E-state index is -0.288. The van der Waals surface area contributed by atoms with E-state index in [0.29, 0.717) is 12.5 Å². The van der Waals surface area contributed by atoms with Gasteiger partial charge in [-0.15, -0.1) is 0 Å². The Morgan fingerprint density at radius 3 is 2.80 bits per heavy atom. The molecule has 2 rings (SSSR count). The Bertz CT molecular complexity index is 423. The number of ether oxygens (including phenoxy) is 1. The van der Waals surface area contributed by atoms with E-state index < -0.39 is 0 Å². The van der Waals surface area contributed by atoms with Gasteiger partial charge in [-0.3, -0.25) is 0 Å². The smallest absolute Gasteiger partial charge is 0.162 e. The third-order valence-corrected chi connectivity index (χ3v) is 4.18. The van der Waals surface area contributed by atoms with Crippen molar-refractivity contribution < 1.29 is 4.74 Å². The molecule has 1 aliphatic rings. The third kappa shape index (κ3) is 3.11. The van der Waals surface area contributed by atoms with E-state index in [1.165, 1.54) is 12.8 Å². The van der Waals surface area contributed by atoms with E-state index >= 15 is 0 Å². The van der Waals surface area contributed by atoms with Gasteiger partial charge >= 0.3 is 0 Å². The first-order valence-corrected chi connectivity index (χ1v) is 7.83. The minimum absolute atomic E-state index is 0.288. The number of rotatable bonds is 5. The summed E-state index contributed by atoms with van der Waals surface area (Å²) in [5.74, 6) is 2.43. The van der Waals surface area contributed by atoms with Crippen LogP contribution in [0, 0.1) is 5.92 Å². The first-order valence-electron chi connectivity index (χ1n) is 7.83. The van der Waals surface area contributed by atoms with Gasteiger partial charge in [-0.2, -0.15) is 0 Å². The van der Waals surface area contributed by atoms with Crippen LogP contribution in [0.25, 0.3) is 0 Å². The molecule has 0 amide bonds. The van der Waals surface area contributed by atoms with Gasteiger partial charge in [-0.1, -0.05) is 20.3 Å². The SMILES string of the molecule is CCOC1(c2nc(CC)cc(NC)n2)CCCC(C)C1. The number of aromatic nitrogens is 2. The second kappa shape index (κ2) is 6.53. The van der Waals surface area contributed by atoms with E-state index in [0.717, 1.165) is 36.6 Å². The molecule has 4 nitrogen and oxygen atoms in total. The molecule has 1 saturated carbocycles. The summed E-state index contributed by atoms with van der Waals surface area (Å²) >= 11 is 0. The molecule has 1 heterocycles. The lowest BCUT2D eigenvalue weighted by molar-refractivity contribution is -0.0881. The Balaban J connectivity index is 2.42. The maximum absolute atomic E-state index is 6.17. The standard InChI is InChI=1S/C16H27N3O/c1-5-13-10-14(17-4)19-15(18-13)16(20-6-2)9-7-8-12(3)11-16/h10,12H,5-9,11H2,1-4H3,(H,17,18,19). The monoisotopic (exact) mass is 277 g/mol. The molecule has 112 valence electrons. The lowest BCUT2D eigenvalue weighted by Crippen LogP contribution is -2.37. The number of nitrogens with zero attached hydrogens (tertiary/aromatic N) is 2. The molecule has 1 N–H and O–H groups in total. The average molecular weight is 277 g/mol. The van der Waals surface area contributed by atoms with Crippen LogP contribution in [0.4, 0.5) is 5.82 Å². The summed E-state index contributed by atoms with van der Waals surface area (Å²) in [4.78, 5) is 9.47. The molecule has 0 bridgehead atoms. The summed E-state index contributed by atoms with van der Waals surface area (Å²) < 4.78 is 6.17. The highest BCUT2D eigenvalue weighted by molar-refractivity contribution is 5.36. The third-order valence-electron chi connectivity index (χ3n) is 4.18. The highest BCUT2D eigenvalue weighted by atomic mass is 16.5. The first-order chi connectivity index (χ1) is 9.63. The topological polar surface area (TPSA) is 47.0 Å². The van der Waals surface area contributed by atoms with Crippen molar-refractivity contribution in [3.05, 3.63) is 17.6 Å². The molecule has 1 aliphatic carbocycles. The van der Waals surface area contributed by atoms with Crippen LogP contribution in [-0.4, -0.2) is 23.6 Å². The van der Waals surface area contributed by atoms with Gasteiger partial charge in [0.15, 0.2) is 5.82 Å². The second-order valence-electron chi connectivity index (χ2n) is 5.80. The second-order valence-corrected chi connectivity index (χ2v) is 5.80. The van der Waals surface area contributed by atoms with Gasteiger partial charge < -0.3 is 10.1 Å². The lowest BCUT2D eigenvalue weighted by Gasteiger charge is -2.38. The van der Waals surface area contributed by atoms with Gasteiger partial charge in [0.1, 0.15) is 11.4 Å². The molecule has 1 fully saturated rings. The van der Waals surface area contributed by atoms with Crippen LogP contribution in [0.5, 0.6) is 0 Å². The molecule has 4 heteroatoms. The fourth-order valence-corrected chi connectivity index (χ4v) is 3.19. The largest absolute Gasteiger partial charge is 0.373 e. The highest BCUT2D eigenvalue weighted by Crippen LogP contribution is 2.41. The maximum atomic E-state index is 6.17. The van der Waals surface area contributed by atoms with Crippen LogP contribution >= 0.6 is 0 Å². The zero-order valence-electron chi connectivity index (χ0n) is 13.2. The molecular weight excluding hydrogens is 250 g/mol. The minimum Gasteiger partial charge on any atom is -0.373 e. The number of hydrogen-bond acceptors (Lipinski definition) is 4. The summed E-state index contributed by atoms with van der Waals surface area (Å²) in [6, 6.07) is 2.02. The van der Waals surface area contributed by atoms with Crippen LogP contribution in [0.1, 0.15) is 58.0 Å². The van der Waals surface area contributed by atoms with Crippen LogP contribution in [0.15, 0.2) is 6.07 Å². The van der Waals surface area contributed by atoms with Crippen LogP contribution in [-0.2, 0) is 16.8 Å². The molecule has 0 radical (unpaired) electrons. The number of aryl methyl sites for hydroxylation is 1. The van der Waals surface area contributed by atoms with Crippen molar-refractivity contribution >= 4 is 5.82 Å². The van der Waals surface area contributed by atoms with Crippen LogP contribution in [0.3, 0.4) is 0 Å². The van der Waals surface area contributed by atoms with Crippen molar-refractivity contribution in [2.24, 2.45) is 5.92 Å². The van der Waals surface area contributed by atoms with Crippen LogP contribution < -0.4 is 5.32 Å². The van der Waals surface area contributed by atoms with E-state index in [4.69, 9.17) is 14.7 Å². The summed E-state index contributed by atoms with van der Waals surface area (Å²) in [6.45, 7) is 7.20. The molecule has 0 saturated heterocycles. The van der Waals surface area contributed by atoms with E-state index in [1.54, 1.807) is 0 Å². The molecule has 1 aromatic rings. The van der Waals surface area contributed by atoms with Crippen molar-refractivity contribution in [2.75, 3.05) is 19.0 Å². The Hall–Kier alpha value is -1.16. The Morgan fingerprint density at radius 1 is 1.40 bits per heavy atom. The molecule has 2 unspecified atom stereocenters. The fourth-order valence-electron chi connectivity index (χ4n) is 3.19.